The van der Waals surface area contributed by atoms with Gasteiger partial charge in [-0.2, -0.15) is 0 Å². The fourth-order valence-corrected chi connectivity index (χ4v) is 1.04. The van der Waals surface area contributed by atoms with Crippen LogP contribution in [0, 0.1) is 0 Å². The molecule has 12 heavy (non-hydrogen) atoms. The molecule has 2 nitrogen and oxygen atoms in total. The molecular weight excluding hydrogens is 166 g/mol. The third kappa shape index (κ3) is 1.25. The van der Waals surface area contributed by atoms with Crippen LogP contribution in [0.1, 0.15) is 5.56 Å². The summed E-state index contributed by atoms with van der Waals surface area (Å²) >= 11 is 0. The van der Waals surface area contributed by atoms with E-state index in [-0.39, 0.29) is 12.4 Å². The molecule has 0 aromatic heterocycles. The van der Waals surface area contributed by atoms with Gasteiger partial charge in [-0.25, -0.2) is 0 Å². The van der Waals surface area contributed by atoms with Crippen molar-refractivity contribution in [3.8, 4) is 5.75 Å². The predicted octanol–water partition coefficient (Wildman–Crippen LogP) is 2.15. The van der Waals surface area contributed by atoms with Gasteiger partial charge in [0.1, 0.15) is 5.75 Å². The number of benzene rings is 1. The number of halogens is 2. The molecule has 1 aliphatic rings. The molecule has 1 heterocycles. The van der Waals surface area contributed by atoms with Crippen LogP contribution in [-0.2, 0) is 11.3 Å². The summed E-state index contributed by atoms with van der Waals surface area (Å²) in [6, 6.07) is 6.56. The number of para-hydroxylation sites is 1. The summed E-state index contributed by atoms with van der Waals surface area (Å²) in [6.45, 7) is -0.108. The molecule has 0 bridgehead atoms. The van der Waals surface area contributed by atoms with E-state index in [0.717, 1.165) is 0 Å². The Kier molecular flexibility index (Phi) is 1.51. The van der Waals surface area contributed by atoms with Crippen molar-refractivity contribution in [3.05, 3.63) is 29.8 Å². The number of ether oxygens (including phenoxy) is 2. The lowest BCUT2D eigenvalue weighted by Gasteiger charge is -2.24. The minimum absolute atomic E-state index is 0.108. The molecule has 1 aliphatic heterocycles. The first-order chi connectivity index (χ1) is 5.67. The minimum atomic E-state index is -3.48. The third-order valence-corrected chi connectivity index (χ3v) is 1.60. The quantitative estimate of drug-likeness (QED) is 0.596. The molecule has 0 saturated carbocycles. The summed E-state index contributed by atoms with van der Waals surface area (Å²) in [5.41, 5.74) is 0.642. The summed E-state index contributed by atoms with van der Waals surface area (Å²) in [5, 5.41) is 0. The lowest BCUT2D eigenvalue weighted by Crippen LogP contribution is -2.32. The van der Waals surface area contributed by atoms with Crippen LogP contribution in [0.2, 0.25) is 0 Å². The van der Waals surface area contributed by atoms with Crippen LogP contribution < -0.4 is 4.74 Å². The molecule has 0 radical (unpaired) electrons. The Labute approximate surface area is 67.7 Å². The van der Waals surface area contributed by atoms with Crippen molar-refractivity contribution in [3.63, 3.8) is 0 Å². The van der Waals surface area contributed by atoms with Crippen LogP contribution >= 0.6 is 0 Å². The molecule has 0 N–H and O–H groups in total. The number of fused-ring (bicyclic) bond motifs is 1. The molecule has 4 heteroatoms. The molecule has 0 unspecified atom stereocenters. The Morgan fingerprint density at radius 3 is 2.83 bits per heavy atom. The second-order valence-electron chi connectivity index (χ2n) is 2.46. The maximum absolute atomic E-state index is 12.4. The van der Waals surface area contributed by atoms with Crippen molar-refractivity contribution in [1.29, 1.82) is 0 Å². The summed E-state index contributed by atoms with van der Waals surface area (Å²) < 4.78 is 33.3. The van der Waals surface area contributed by atoms with Gasteiger partial charge >= 0.3 is 6.29 Å². The topological polar surface area (TPSA) is 18.5 Å². The highest BCUT2D eigenvalue weighted by atomic mass is 19.3. The van der Waals surface area contributed by atoms with E-state index in [0.29, 0.717) is 5.56 Å². The Hall–Kier alpha value is -1.16. The Balaban J connectivity index is 2.35. The Bertz CT molecular complexity index is 299. The van der Waals surface area contributed by atoms with E-state index < -0.39 is 6.29 Å². The monoisotopic (exact) mass is 172 g/mol. The minimum Gasteiger partial charge on any atom is -0.409 e. The fraction of sp³-hybridized carbons (Fsp3) is 0.250. The molecule has 1 aromatic rings. The van der Waals surface area contributed by atoms with Crippen LogP contribution in [0.4, 0.5) is 8.78 Å². The van der Waals surface area contributed by atoms with E-state index >= 15 is 0 Å². The average molecular weight is 172 g/mol. The van der Waals surface area contributed by atoms with Crippen molar-refractivity contribution < 1.29 is 18.3 Å². The Morgan fingerprint density at radius 2 is 2.00 bits per heavy atom. The van der Waals surface area contributed by atoms with E-state index in [4.69, 9.17) is 0 Å². The maximum Gasteiger partial charge on any atom is 0.535 e. The first-order valence-electron chi connectivity index (χ1n) is 3.46. The molecular formula is C8H6F2O2. The second-order valence-corrected chi connectivity index (χ2v) is 2.46. The van der Waals surface area contributed by atoms with Crippen molar-refractivity contribution in [2.75, 3.05) is 0 Å². The largest absolute Gasteiger partial charge is 0.535 e. The zero-order valence-electron chi connectivity index (χ0n) is 6.09. The summed E-state index contributed by atoms with van der Waals surface area (Å²) in [6.07, 6.45) is -3.48. The van der Waals surface area contributed by atoms with Gasteiger partial charge in [-0.1, -0.05) is 18.2 Å². The number of rotatable bonds is 0. The molecule has 0 saturated heterocycles. The van der Waals surface area contributed by atoms with Crippen LogP contribution in [0.3, 0.4) is 0 Å². The predicted molar refractivity (Wildman–Crippen MR) is 36.8 cm³/mol. The smallest absolute Gasteiger partial charge is 0.409 e. The molecule has 0 spiro atoms. The molecule has 0 aliphatic carbocycles. The van der Waals surface area contributed by atoms with Crippen molar-refractivity contribution in [1.82, 2.24) is 0 Å². The van der Waals surface area contributed by atoms with Crippen LogP contribution in [0.5, 0.6) is 5.75 Å². The van der Waals surface area contributed by atoms with Gasteiger partial charge in [0.05, 0.1) is 6.61 Å². The van der Waals surface area contributed by atoms with Gasteiger partial charge < -0.3 is 4.74 Å². The van der Waals surface area contributed by atoms with Gasteiger partial charge in [0.25, 0.3) is 0 Å². The SMILES string of the molecule is FC1(F)OCc2ccccc2O1. The van der Waals surface area contributed by atoms with Crippen molar-refractivity contribution in [2.45, 2.75) is 12.9 Å². The summed E-state index contributed by atoms with van der Waals surface area (Å²) in [7, 11) is 0. The highest BCUT2D eigenvalue weighted by molar-refractivity contribution is 5.33. The zero-order chi connectivity index (χ0) is 8.60. The van der Waals surface area contributed by atoms with Crippen LogP contribution in [-0.4, -0.2) is 6.29 Å². The molecule has 0 atom stereocenters. The molecule has 64 valence electrons. The number of hydrogen-bond acceptors (Lipinski definition) is 2. The maximum atomic E-state index is 12.4. The fourth-order valence-electron chi connectivity index (χ4n) is 1.04. The van der Waals surface area contributed by atoms with E-state index in [1.807, 2.05) is 0 Å². The van der Waals surface area contributed by atoms with Gasteiger partial charge in [-0.15, -0.1) is 8.78 Å². The lowest BCUT2D eigenvalue weighted by atomic mass is 10.2. The summed E-state index contributed by atoms with van der Waals surface area (Å²) in [5.74, 6) is 0.189. The van der Waals surface area contributed by atoms with Gasteiger partial charge in [-0.05, 0) is 6.07 Å². The summed E-state index contributed by atoms with van der Waals surface area (Å²) in [4.78, 5) is 0. The van der Waals surface area contributed by atoms with E-state index in [2.05, 4.69) is 9.47 Å². The van der Waals surface area contributed by atoms with E-state index in [1.54, 1.807) is 18.2 Å². The first kappa shape index (κ1) is 7.49. The van der Waals surface area contributed by atoms with Gasteiger partial charge in [0, 0.05) is 5.56 Å². The standard InChI is InChI=1S/C8H6F2O2/c9-8(10)11-5-6-3-1-2-4-7(6)12-8/h1-4H,5H2. The lowest BCUT2D eigenvalue weighted by molar-refractivity contribution is -0.368. The molecule has 0 amide bonds. The van der Waals surface area contributed by atoms with Gasteiger partial charge in [-0.3, -0.25) is 4.74 Å². The van der Waals surface area contributed by atoms with Gasteiger partial charge in [0.2, 0.25) is 0 Å². The molecule has 1 aromatic carbocycles. The van der Waals surface area contributed by atoms with E-state index in [1.165, 1.54) is 6.07 Å². The van der Waals surface area contributed by atoms with Crippen LogP contribution in [0.25, 0.3) is 0 Å². The van der Waals surface area contributed by atoms with E-state index in [9.17, 15) is 8.78 Å². The highest BCUT2D eigenvalue weighted by Gasteiger charge is 2.38. The second kappa shape index (κ2) is 2.42. The van der Waals surface area contributed by atoms with Crippen molar-refractivity contribution >= 4 is 0 Å². The highest BCUT2D eigenvalue weighted by Crippen LogP contribution is 2.32. The number of alkyl halides is 2. The first-order valence-corrected chi connectivity index (χ1v) is 3.46. The molecule has 0 fully saturated rings. The van der Waals surface area contributed by atoms with Gasteiger partial charge in [0.15, 0.2) is 0 Å². The zero-order valence-corrected chi connectivity index (χ0v) is 6.09. The third-order valence-electron chi connectivity index (χ3n) is 1.60. The molecule has 2 rings (SSSR count). The Morgan fingerprint density at radius 1 is 1.25 bits per heavy atom. The normalized spacial score (nSPS) is 19.5. The van der Waals surface area contributed by atoms with Crippen molar-refractivity contribution in [2.24, 2.45) is 0 Å². The number of hydrogen-bond donors (Lipinski definition) is 0. The van der Waals surface area contributed by atoms with Crippen LogP contribution in [0.15, 0.2) is 24.3 Å². The average Bonchev–Trinajstić information content (AvgIpc) is 2.02.